The second kappa shape index (κ2) is 9.49. The van der Waals surface area contributed by atoms with E-state index < -0.39 is 15.9 Å². The molecule has 0 unspecified atom stereocenters. The number of nitrogens with zero attached hydrogens (tertiary/aromatic N) is 3. The van der Waals surface area contributed by atoms with E-state index >= 15 is 0 Å². The summed E-state index contributed by atoms with van der Waals surface area (Å²) in [4.78, 5) is 17.1. The first-order valence-electron chi connectivity index (χ1n) is 10.5. The van der Waals surface area contributed by atoms with Crippen LogP contribution in [0.1, 0.15) is 36.0 Å². The molecule has 3 aromatic rings. The van der Waals surface area contributed by atoms with E-state index in [2.05, 4.69) is 20.5 Å². The molecule has 1 aliphatic heterocycles. The van der Waals surface area contributed by atoms with Gasteiger partial charge in [-0.1, -0.05) is 25.0 Å². The number of carbonyl (C=O) groups excluding carboxylic acids is 1. The van der Waals surface area contributed by atoms with E-state index in [0.29, 0.717) is 35.8 Å². The fourth-order valence-electron chi connectivity index (χ4n) is 3.66. The molecule has 168 valence electrons. The average Bonchev–Trinajstić information content (AvgIpc) is 3.09. The summed E-state index contributed by atoms with van der Waals surface area (Å²) in [6, 6.07) is 13.2. The number of hydrogen-bond donors (Lipinski definition) is 2. The lowest BCUT2D eigenvalue weighted by molar-refractivity contribution is 0.102. The van der Waals surface area contributed by atoms with Gasteiger partial charge in [-0.3, -0.25) is 15.2 Å². The molecule has 2 aromatic carbocycles. The SMILES string of the molecule is COc1ccccc1-c1nc(NC(=O)c2ccc(S(=O)(=O)N3CCCCCC3)cc2)n[nH]1. The molecule has 0 saturated carbocycles. The second-order valence-corrected chi connectivity index (χ2v) is 9.44. The Morgan fingerprint density at radius 1 is 1.03 bits per heavy atom. The largest absolute Gasteiger partial charge is 0.496 e. The van der Waals surface area contributed by atoms with Crippen LogP contribution >= 0.6 is 0 Å². The monoisotopic (exact) mass is 455 g/mol. The first-order valence-corrected chi connectivity index (χ1v) is 11.9. The Bertz CT molecular complexity index is 1180. The predicted molar refractivity (Wildman–Crippen MR) is 120 cm³/mol. The number of H-pyrrole nitrogens is 1. The molecule has 1 aliphatic rings. The van der Waals surface area contributed by atoms with E-state index in [-0.39, 0.29) is 10.8 Å². The summed E-state index contributed by atoms with van der Waals surface area (Å²) < 4.78 is 32.6. The number of nitrogens with one attached hydrogen (secondary N) is 2. The van der Waals surface area contributed by atoms with E-state index in [1.54, 1.807) is 13.2 Å². The van der Waals surface area contributed by atoms with Crippen molar-refractivity contribution in [3.05, 3.63) is 54.1 Å². The van der Waals surface area contributed by atoms with Crippen LogP contribution in [0, 0.1) is 0 Å². The number of methoxy groups -OCH3 is 1. The molecule has 32 heavy (non-hydrogen) atoms. The first-order chi connectivity index (χ1) is 15.5. The molecule has 10 heteroatoms. The molecule has 1 fully saturated rings. The molecular formula is C22H25N5O4S. The van der Waals surface area contributed by atoms with Crippen molar-refractivity contribution in [2.45, 2.75) is 30.6 Å². The van der Waals surface area contributed by atoms with Crippen molar-refractivity contribution >= 4 is 21.9 Å². The van der Waals surface area contributed by atoms with Crippen molar-refractivity contribution in [3.8, 4) is 17.1 Å². The molecule has 0 bridgehead atoms. The molecule has 0 aliphatic carbocycles. The number of aromatic amines is 1. The third-order valence-corrected chi connectivity index (χ3v) is 7.31. The molecule has 1 saturated heterocycles. The van der Waals surface area contributed by atoms with Gasteiger partial charge in [-0.25, -0.2) is 8.42 Å². The molecule has 9 nitrogen and oxygen atoms in total. The highest BCUT2D eigenvalue weighted by Crippen LogP contribution is 2.27. The Labute approximate surface area is 186 Å². The van der Waals surface area contributed by atoms with Crippen LogP contribution in [0.25, 0.3) is 11.4 Å². The van der Waals surface area contributed by atoms with Gasteiger partial charge in [-0.05, 0) is 49.2 Å². The van der Waals surface area contributed by atoms with Crippen LogP contribution in [0.5, 0.6) is 5.75 Å². The molecule has 0 atom stereocenters. The maximum absolute atomic E-state index is 12.9. The summed E-state index contributed by atoms with van der Waals surface area (Å²) in [5.74, 6) is 0.755. The second-order valence-electron chi connectivity index (χ2n) is 7.50. The van der Waals surface area contributed by atoms with E-state index in [4.69, 9.17) is 4.74 Å². The first kappa shape index (κ1) is 22.0. The summed E-state index contributed by atoms with van der Waals surface area (Å²) in [7, 11) is -2.00. The lowest BCUT2D eigenvalue weighted by Crippen LogP contribution is -2.31. The smallest absolute Gasteiger partial charge is 0.258 e. The van der Waals surface area contributed by atoms with Gasteiger partial charge in [0.2, 0.25) is 16.0 Å². The highest BCUT2D eigenvalue weighted by molar-refractivity contribution is 7.89. The van der Waals surface area contributed by atoms with Gasteiger partial charge in [0.05, 0.1) is 17.6 Å². The van der Waals surface area contributed by atoms with Crippen LogP contribution in [0.4, 0.5) is 5.95 Å². The van der Waals surface area contributed by atoms with Gasteiger partial charge in [0.1, 0.15) is 5.75 Å². The number of aromatic nitrogens is 3. The van der Waals surface area contributed by atoms with Gasteiger partial charge in [0.25, 0.3) is 5.91 Å². The van der Waals surface area contributed by atoms with E-state index in [0.717, 1.165) is 25.7 Å². The minimum atomic E-state index is -3.56. The Balaban J connectivity index is 1.46. The third-order valence-electron chi connectivity index (χ3n) is 5.39. The van der Waals surface area contributed by atoms with E-state index in [1.807, 2.05) is 18.2 Å². The lowest BCUT2D eigenvalue weighted by atomic mass is 10.2. The molecule has 0 radical (unpaired) electrons. The minimum Gasteiger partial charge on any atom is -0.496 e. The number of sulfonamides is 1. The molecular weight excluding hydrogens is 430 g/mol. The Kier molecular flexibility index (Phi) is 6.52. The number of para-hydroxylation sites is 1. The zero-order valence-corrected chi connectivity index (χ0v) is 18.6. The Morgan fingerprint density at radius 3 is 2.41 bits per heavy atom. The number of hydrogen-bond acceptors (Lipinski definition) is 6. The third kappa shape index (κ3) is 4.66. The van der Waals surface area contributed by atoms with Crippen LogP contribution in [0.2, 0.25) is 0 Å². The highest BCUT2D eigenvalue weighted by atomic mass is 32.2. The standard InChI is InChI=1S/C22H25N5O4S/c1-31-19-9-5-4-8-18(19)20-23-22(26-25-20)24-21(28)16-10-12-17(13-11-16)32(29,30)27-14-6-2-3-7-15-27/h4-5,8-13H,2-3,6-7,14-15H2,1H3,(H2,23,24,25,26,28). The lowest BCUT2D eigenvalue weighted by Gasteiger charge is -2.20. The van der Waals surface area contributed by atoms with E-state index in [9.17, 15) is 13.2 Å². The van der Waals surface area contributed by atoms with E-state index in [1.165, 1.54) is 28.6 Å². The van der Waals surface area contributed by atoms with Crippen LogP contribution in [-0.4, -0.2) is 54.0 Å². The average molecular weight is 456 g/mol. The summed E-state index contributed by atoms with van der Waals surface area (Å²) in [5, 5.41) is 9.44. The molecule has 1 aromatic heterocycles. The van der Waals surface area contributed by atoms with Gasteiger partial charge in [0, 0.05) is 18.7 Å². The summed E-state index contributed by atoms with van der Waals surface area (Å²) in [6.07, 6.45) is 3.83. The predicted octanol–water partition coefficient (Wildman–Crippen LogP) is 3.30. The summed E-state index contributed by atoms with van der Waals surface area (Å²) >= 11 is 0. The molecule has 4 rings (SSSR count). The Morgan fingerprint density at radius 2 is 1.72 bits per heavy atom. The number of benzene rings is 2. The van der Waals surface area contributed by atoms with Gasteiger partial charge in [-0.15, -0.1) is 5.10 Å². The quantitative estimate of drug-likeness (QED) is 0.589. The number of rotatable bonds is 6. The van der Waals surface area contributed by atoms with Gasteiger partial charge < -0.3 is 4.74 Å². The van der Waals surface area contributed by atoms with Crippen molar-refractivity contribution in [1.82, 2.24) is 19.5 Å². The minimum absolute atomic E-state index is 0.108. The topological polar surface area (TPSA) is 117 Å². The highest BCUT2D eigenvalue weighted by Gasteiger charge is 2.25. The van der Waals surface area contributed by atoms with Gasteiger partial charge in [0.15, 0.2) is 5.82 Å². The molecule has 2 heterocycles. The van der Waals surface area contributed by atoms with Crippen molar-refractivity contribution in [1.29, 1.82) is 0 Å². The Hall–Kier alpha value is -3.24. The summed E-state index contributed by atoms with van der Waals surface area (Å²) in [5.41, 5.74) is 1.02. The number of carbonyl (C=O) groups is 1. The van der Waals surface area contributed by atoms with Crippen molar-refractivity contribution in [3.63, 3.8) is 0 Å². The molecule has 2 N–H and O–H groups in total. The fraction of sp³-hybridized carbons (Fsp3) is 0.318. The normalized spacial score (nSPS) is 15.2. The molecule has 0 spiro atoms. The maximum Gasteiger partial charge on any atom is 0.258 e. The van der Waals surface area contributed by atoms with Crippen LogP contribution in [0.3, 0.4) is 0 Å². The fourth-order valence-corrected chi connectivity index (χ4v) is 5.18. The van der Waals surface area contributed by atoms with Crippen LogP contribution in [0.15, 0.2) is 53.4 Å². The number of anilines is 1. The maximum atomic E-state index is 12.9. The van der Waals surface area contributed by atoms with Crippen molar-refractivity contribution in [2.24, 2.45) is 0 Å². The van der Waals surface area contributed by atoms with Crippen LogP contribution < -0.4 is 10.1 Å². The molecule has 1 amide bonds. The van der Waals surface area contributed by atoms with Gasteiger partial charge >= 0.3 is 0 Å². The van der Waals surface area contributed by atoms with Crippen molar-refractivity contribution < 1.29 is 17.9 Å². The van der Waals surface area contributed by atoms with Crippen molar-refractivity contribution in [2.75, 3.05) is 25.5 Å². The van der Waals surface area contributed by atoms with Gasteiger partial charge in [-0.2, -0.15) is 9.29 Å². The van der Waals surface area contributed by atoms with Crippen LogP contribution in [-0.2, 0) is 10.0 Å². The number of ether oxygens (including phenoxy) is 1. The zero-order valence-electron chi connectivity index (χ0n) is 17.7. The zero-order chi connectivity index (χ0) is 22.6. The number of amides is 1. The summed E-state index contributed by atoms with van der Waals surface area (Å²) in [6.45, 7) is 1.06.